The minimum absolute atomic E-state index is 0.455. The molecule has 1 aromatic carbocycles. The van der Waals surface area contributed by atoms with Crippen LogP contribution in [0.4, 0.5) is 10.5 Å². The van der Waals surface area contributed by atoms with Crippen molar-refractivity contribution in [1.82, 2.24) is 0 Å². The number of benzene rings is 1. The van der Waals surface area contributed by atoms with Crippen molar-refractivity contribution in [3.05, 3.63) is 29.8 Å². The molecule has 0 radical (unpaired) electrons. The van der Waals surface area contributed by atoms with Gasteiger partial charge >= 0.3 is 6.09 Å². The lowest BCUT2D eigenvalue weighted by Crippen LogP contribution is -2.24. The van der Waals surface area contributed by atoms with Crippen molar-refractivity contribution in [2.45, 2.75) is 12.5 Å². The molecule has 5 nitrogen and oxygen atoms in total. The Labute approximate surface area is 86.9 Å². The first-order valence-corrected chi connectivity index (χ1v) is 4.41. The minimum atomic E-state index is -1.10. The quantitative estimate of drug-likeness (QED) is 0.639. The Bertz CT molecular complexity index is 348. The third kappa shape index (κ3) is 3.78. The standard InChI is InChI=1S/C10H12N2O3/c11-8(6-13)5-7-1-3-9(4-2-7)12-10(14)15/h1-4,6,8,12H,5,11H2,(H,14,15)/t8-/m0/s1. The van der Waals surface area contributed by atoms with Crippen LogP contribution in [0.3, 0.4) is 0 Å². The molecule has 0 bridgehead atoms. The molecule has 5 heteroatoms. The van der Waals surface area contributed by atoms with E-state index in [9.17, 15) is 9.59 Å². The predicted octanol–water partition coefficient (Wildman–Crippen LogP) is 0.845. The van der Waals surface area contributed by atoms with Gasteiger partial charge < -0.3 is 15.6 Å². The van der Waals surface area contributed by atoms with Gasteiger partial charge in [-0.25, -0.2) is 4.79 Å². The molecule has 0 heterocycles. The molecule has 4 N–H and O–H groups in total. The van der Waals surface area contributed by atoms with E-state index in [4.69, 9.17) is 10.8 Å². The molecule has 0 fully saturated rings. The number of nitrogens with two attached hydrogens (primary N) is 1. The van der Waals surface area contributed by atoms with Gasteiger partial charge in [0.05, 0.1) is 6.04 Å². The highest BCUT2D eigenvalue weighted by Gasteiger charge is 2.02. The normalized spacial score (nSPS) is 11.8. The van der Waals surface area contributed by atoms with Crippen LogP contribution < -0.4 is 11.1 Å². The van der Waals surface area contributed by atoms with Crippen LogP contribution >= 0.6 is 0 Å². The molecule has 0 aromatic heterocycles. The zero-order chi connectivity index (χ0) is 11.3. The van der Waals surface area contributed by atoms with Crippen molar-refractivity contribution in [2.24, 2.45) is 5.73 Å². The molecular formula is C10H12N2O3. The van der Waals surface area contributed by atoms with Crippen molar-refractivity contribution in [3.8, 4) is 0 Å². The highest BCUT2D eigenvalue weighted by atomic mass is 16.4. The number of nitrogens with one attached hydrogen (secondary N) is 1. The molecule has 0 aliphatic heterocycles. The molecule has 1 amide bonds. The Morgan fingerprint density at radius 2 is 2.07 bits per heavy atom. The molecule has 0 aliphatic carbocycles. The highest BCUT2D eigenvalue weighted by molar-refractivity contribution is 5.82. The molecule has 0 saturated carbocycles. The van der Waals surface area contributed by atoms with Crippen LogP contribution in [0.5, 0.6) is 0 Å². The molecule has 0 saturated heterocycles. The van der Waals surface area contributed by atoms with Gasteiger partial charge in [0.25, 0.3) is 0 Å². The van der Waals surface area contributed by atoms with Crippen molar-refractivity contribution in [3.63, 3.8) is 0 Å². The van der Waals surface area contributed by atoms with Gasteiger partial charge in [0.15, 0.2) is 0 Å². The number of hydrogen-bond acceptors (Lipinski definition) is 3. The molecule has 80 valence electrons. The Morgan fingerprint density at radius 1 is 1.47 bits per heavy atom. The SMILES string of the molecule is N[C@H](C=O)Cc1ccc(NC(=O)O)cc1. The maximum Gasteiger partial charge on any atom is 0.409 e. The highest BCUT2D eigenvalue weighted by Crippen LogP contribution is 2.10. The van der Waals surface area contributed by atoms with Gasteiger partial charge in [0.2, 0.25) is 0 Å². The fourth-order valence-electron chi connectivity index (χ4n) is 1.17. The van der Waals surface area contributed by atoms with E-state index in [0.717, 1.165) is 5.56 Å². The fraction of sp³-hybridized carbons (Fsp3) is 0.200. The number of rotatable bonds is 4. The van der Waals surface area contributed by atoms with Gasteiger partial charge in [-0.05, 0) is 24.1 Å². The van der Waals surface area contributed by atoms with E-state index >= 15 is 0 Å². The summed E-state index contributed by atoms with van der Waals surface area (Å²) in [5.74, 6) is 0. The van der Waals surface area contributed by atoms with Crippen molar-refractivity contribution in [2.75, 3.05) is 5.32 Å². The summed E-state index contributed by atoms with van der Waals surface area (Å²) < 4.78 is 0. The fourth-order valence-corrected chi connectivity index (χ4v) is 1.17. The Balaban J connectivity index is 2.63. The van der Waals surface area contributed by atoms with Gasteiger partial charge in [0, 0.05) is 5.69 Å². The van der Waals surface area contributed by atoms with Crippen LogP contribution in [-0.4, -0.2) is 23.5 Å². The topological polar surface area (TPSA) is 92.4 Å². The molecule has 1 rings (SSSR count). The molecule has 1 atom stereocenters. The zero-order valence-electron chi connectivity index (χ0n) is 8.01. The summed E-state index contributed by atoms with van der Waals surface area (Å²) in [4.78, 5) is 20.6. The van der Waals surface area contributed by atoms with E-state index < -0.39 is 12.1 Å². The molecule has 0 spiro atoms. The van der Waals surface area contributed by atoms with E-state index in [1.54, 1.807) is 24.3 Å². The second kappa shape index (κ2) is 5.11. The first-order valence-electron chi connectivity index (χ1n) is 4.41. The third-order valence-electron chi connectivity index (χ3n) is 1.85. The third-order valence-corrected chi connectivity index (χ3v) is 1.85. The lowest BCUT2D eigenvalue weighted by atomic mass is 10.1. The van der Waals surface area contributed by atoms with Gasteiger partial charge in [0.1, 0.15) is 6.29 Å². The van der Waals surface area contributed by atoms with E-state index in [2.05, 4.69) is 5.32 Å². The van der Waals surface area contributed by atoms with Gasteiger partial charge in [-0.1, -0.05) is 12.1 Å². The van der Waals surface area contributed by atoms with Crippen LogP contribution in [0.2, 0.25) is 0 Å². The van der Waals surface area contributed by atoms with Crippen LogP contribution in [0.25, 0.3) is 0 Å². The van der Waals surface area contributed by atoms with Crippen molar-refractivity contribution >= 4 is 18.1 Å². The Kier molecular flexibility index (Phi) is 3.82. The summed E-state index contributed by atoms with van der Waals surface area (Å²) >= 11 is 0. The van der Waals surface area contributed by atoms with E-state index in [-0.39, 0.29) is 0 Å². The largest absolute Gasteiger partial charge is 0.465 e. The molecule has 0 aliphatic rings. The average Bonchev–Trinajstić information content (AvgIpc) is 2.20. The maximum atomic E-state index is 10.3. The first kappa shape index (κ1) is 11.2. The summed E-state index contributed by atoms with van der Waals surface area (Å²) in [5.41, 5.74) is 6.83. The predicted molar refractivity (Wildman–Crippen MR) is 55.8 cm³/mol. The summed E-state index contributed by atoms with van der Waals surface area (Å²) in [7, 11) is 0. The number of hydrogen-bond donors (Lipinski definition) is 3. The first-order chi connectivity index (χ1) is 7.11. The van der Waals surface area contributed by atoms with E-state index in [0.29, 0.717) is 18.4 Å². The van der Waals surface area contributed by atoms with Crippen molar-refractivity contribution in [1.29, 1.82) is 0 Å². The minimum Gasteiger partial charge on any atom is -0.465 e. The summed E-state index contributed by atoms with van der Waals surface area (Å²) in [6.45, 7) is 0. The van der Waals surface area contributed by atoms with Crippen LogP contribution in [0.15, 0.2) is 24.3 Å². The summed E-state index contributed by atoms with van der Waals surface area (Å²) in [6, 6.07) is 6.20. The number of amides is 1. The number of carboxylic acid groups (broad SMARTS) is 1. The van der Waals surface area contributed by atoms with Gasteiger partial charge in [-0.2, -0.15) is 0 Å². The zero-order valence-corrected chi connectivity index (χ0v) is 8.01. The number of carbonyl (C=O) groups excluding carboxylic acids is 1. The van der Waals surface area contributed by atoms with Crippen LogP contribution in [-0.2, 0) is 11.2 Å². The average molecular weight is 208 g/mol. The lowest BCUT2D eigenvalue weighted by Gasteiger charge is -2.05. The smallest absolute Gasteiger partial charge is 0.409 e. The Morgan fingerprint density at radius 3 is 2.53 bits per heavy atom. The van der Waals surface area contributed by atoms with Gasteiger partial charge in [-0.15, -0.1) is 0 Å². The second-order valence-electron chi connectivity index (χ2n) is 3.13. The maximum absolute atomic E-state index is 10.3. The van der Waals surface area contributed by atoms with Crippen LogP contribution in [0.1, 0.15) is 5.56 Å². The summed E-state index contributed by atoms with van der Waals surface area (Å²) in [6.07, 6.45) is 0.0348. The van der Waals surface area contributed by atoms with E-state index in [1.807, 2.05) is 0 Å². The van der Waals surface area contributed by atoms with E-state index in [1.165, 1.54) is 0 Å². The van der Waals surface area contributed by atoms with Crippen LogP contribution in [0, 0.1) is 0 Å². The second-order valence-corrected chi connectivity index (χ2v) is 3.13. The van der Waals surface area contributed by atoms with Crippen molar-refractivity contribution < 1.29 is 14.7 Å². The Hall–Kier alpha value is -1.88. The lowest BCUT2D eigenvalue weighted by molar-refractivity contribution is -0.108. The number of aldehydes is 1. The monoisotopic (exact) mass is 208 g/mol. The summed E-state index contributed by atoms with van der Waals surface area (Å²) in [5, 5.41) is 10.7. The molecule has 15 heavy (non-hydrogen) atoms. The molecule has 1 aromatic rings. The molecule has 0 unspecified atom stereocenters. The molecular weight excluding hydrogens is 196 g/mol. The van der Waals surface area contributed by atoms with Gasteiger partial charge in [-0.3, -0.25) is 5.32 Å². The number of anilines is 1. The number of carbonyl (C=O) groups is 2.